The van der Waals surface area contributed by atoms with Crippen LogP contribution < -0.4 is 9.64 Å². The van der Waals surface area contributed by atoms with Gasteiger partial charge in [0.2, 0.25) is 0 Å². The van der Waals surface area contributed by atoms with Crippen molar-refractivity contribution >= 4 is 23.1 Å². The van der Waals surface area contributed by atoms with Crippen LogP contribution in [-0.4, -0.2) is 26.5 Å². The van der Waals surface area contributed by atoms with Crippen LogP contribution in [0.1, 0.15) is 16.8 Å². The van der Waals surface area contributed by atoms with E-state index in [-0.39, 0.29) is 5.78 Å². The van der Waals surface area contributed by atoms with Crippen LogP contribution in [0.5, 0.6) is 5.75 Å². The van der Waals surface area contributed by atoms with E-state index in [4.69, 9.17) is 16.3 Å². The zero-order valence-electron chi connectivity index (χ0n) is 12.2. The summed E-state index contributed by atoms with van der Waals surface area (Å²) in [6.07, 6.45) is 0.414. The van der Waals surface area contributed by atoms with Crippen molar-refractivity contribution < 1.29 is 9.53 Å². The number of methoxy groups -OCH3 is 1. The molecular formula is C17H18ClNO2. The van der Waals surface area contributed by atoms with E-state index in [9.17, 15) is 4.79 Å². The Morgan fingerprint density at radius 1 is 1.19 bits per heavy atom. The number of nitrogens with zero attached hydrogens (tertiary/aromatic N) is 1. The number of benzene rings is 2. The van der Waals surface area contributed by atoms with E-state index in [2.05, 4.69) is 0 Å². The van der Waals surface area contributed by atoms with Gasteiger partial charge in [-0.1, -0.05) is 29.8 Å². The lowest BCUT2D eigenvalue weighted by Crippen LogP contribution is -2.21. The molecule has 0 unspecified atom stereocenters. The van der Waals surface area contributed by atoms with Gasteiger partial charge in [-0.05, 0) is 24.3 Å². The van der Waals surface area contributed by atoms with Gasteiger partial charge in [-0.25, -0.2) is 0 Å². The Labute approximate surface area is 130 Å². The molecule has 0 saturated carbocycles. The van der Waals surface area contributed by atoms with E-state index in [0.717, 1.165) is 11.4 Å². The number of ether oxygens (including phenoxy) is 1. The minimum absolute atomic E-state index is 0.0512. The van der Waals surface area contributed by atoms with Crippen LogP contribution in [0, 0.1) is 0 Å². The second kappa shape index (κ2) is 7.14. The first-order chi connectivity index (χ1) is 10.1. The molecule has 0 spiro atoms. The van der Waals surface area contributed by atoms with Crippen molar-refractivity contribution in [2.75, 3.05) is 25.6 Å². The lowest BCUT2D eigenvalue weighted by Gasteiger charge is -2.19. The van der Waals surface area contributed by atoms with Crippen LogP contribution >= 0.6 is 11.6 Å². The average Bonchev–Trinajstić information content (AvgIpc) is 2.52. The molecule has 4 heteroatoms. The van der Waals surface area contributed by atoms with Gasteiger partial charge in [-0.2, -0.15) is 0 Å². The van der Waals surface area contributed by atoms with Gasteiger partial charge in [0.1, 0.15) is 5.75 Å². The molecule has 0 N–H and O–H groups in total. The fourth-order valence-electron chi connectivity index (χ4n) is 2.07. The minimum atomic E-state index is 0.0512. The molecule has 2 rings (SSSR count). The molecule has 2 aromatic carbocycles. The molecule has 0 aliphatic rings. The van der Waals surface area contributed by atoms with Crippen LogP contribution in [0.15, 0.2) is 48.5 Å². The number of ketones is 1. The topological polar surface area (TPSA) is 29.5 Å². The molecule has 2 aromatic rings. The predicted octanol–water partition coefficient (Wildman–Crippen LogP) is 4.06. The van der Waals surface area contributed by atoms with Crippen LogP contribution in [0.3, 0.4) is 0 Å². The quantitative estimate of drug-likeness (QED) is 0.754. The summed E-state index contributed by atoms with van der Waals surface area (Å²) >= 11 is 6.04. The van der Waals surface area contributed by atoms with Crippen molar-refractivity contribution in [3.05, 3.63) is 59.1 Å². The molecule has 0 amide bonds. The maximum absolute atomic E-state index is 12.2. The Morgan fingerprint density at radius 3 is 2.67 bits per heavy atom. The summed E-state index contributed by atoms with van der Waals surface area (Å²) in [6, 6.07) is 14.9. The number of carbonyl (C=O) groups excluding carboxylic acids is 1. The third kappa shape index (κ3) is 3.99. The van der Waals surface area contributed by atoms with E-state index >= 15 is 0 Å². The molecule has 0 aromatic heterocycles. The van der Waals surface area contributed by atoms with E-state index < -0.39 is 0 Å². The van der Waals surface area contributed by atoms with Crippen molar-refractivity contribution in [1.29, 1.82) is 0 Å². The summed E-state index contributed by atoms with van der Waals surface area (Å²) in [6.45, 7) is 0.622. The molecule has 0 saturated heterocycles. The number of anilines is 1. The maximum atomic E-state index is 12.2. The van der Waals surface area contributed by atoms with Crippen LogP contribution in [0.2, 0.25) is 5.02 Å². The van der Waals surface area contributed by atoms with Crippen molar-refractivity contribution in [2.24, 2.45) is 0 Å². The molecule has 21 heavy (non-hydrogen) atoms. The lowest BCUT2D eigenvalue weighted by molar-refractivity contribution is 0.0985. The second-order valence-electron chi connectivity index (χ2n) is 4.78. The zero-order chi connectivity index (χ0) is 15.2. The Hall–Kier alpha value is -2.00. The van der Waals surface area contributed by atoms with Gasteiger partial charge in [-0.15, -0.1) is 0 Å². The number of Topliss-reactive ketones (excluding diaryl/α,β-unsaturated/α-hetero) is 1. The molecule has 0 bridgehead atoms. The number of hydrogen-bond acceptors (Lipinski definition) is 3. The molecule has 0 aliphatic carbocycles. The van der Waals surface area contributed by atoms with Gasteiger partial charge in [-0.3, -0.25) is 4.79 Å². The van der Waals surface area contributed by atoms with E-state index in [1.807, 2.05) is 48.3 Å². The van der Waals surface area contributed by atoms with Gasteiger partial charge in [0.15, 0.2) is 5.78 Å². The van der Waals surface area contributed by atoms with E-state index in [0.29, 0.717) is 23.6 Å². The van der Waals surface area contributed by atoms with Crippen LogP contribution in [0.25, 0.3) is 0 Å². The number of carbonyl (C=O) groups is 1. The normalized spacial score (nSPS) is 10.2. The fourth-order valence-corrected chi connectivity index (χ4v) is 2.31. The van der Waals surface area contributed by atoms with Crippen molar-refractivity contribution in [3.63, 3.8) is 0 Å². The van der Waals surface area contributed by atoms with E-state index in [1.54, 1.807) is 19.2 Å². The number of hydrogen-bond donors (Lipinski definition) is 0. The lowest BCUT2D eigenvalue weighted by atomic mass is 10.1. The molecule has 0 radical (unpaired) electrons. The summed E-state index contributed by atoms with van der Waals surface area (Å²) in [5.41, 5.74) is 1.60. The Bertz CT molecular complexity index is 628. The largest absolute Gasteiger partial charge is 0.497 e. The Morgan fingerprint density at radius 2 is 1.95 bits per heavy atom. The molecule has 3 nitrogen and oxygen atoms in total. The zero-order valence-corrected chi connectivity index (χ0v) is 12.9. The highest BCUT2D eigenvalue weighted by Gasteiger charge is 2.11. The first kappa shape index (κ1) is 15.4. The third-order valence-electron chi connectivity index (χ3n) is 3.34. The molecular weight excluding hydrogens is 286 g/mol. The number of rotatable bonds is 6. The summed E-state index contributed by atoms with van der Waals surface area (Å²) in [5, 5.41) is 0.506. The summed E-state index contributed by atoms with van der Waals surface area (Å²) in [5.74, 6) is 0.854. The highest BCUT2D eigenvalue weighted by atomic mass is 35.5. The SMILES string of the molecule is COc1cccc(N(C)CCC(=O)c2ccccc2Cl)c1. The highest BCUT2D eigenvalue weighted by Crippen LogP contribution is 2.21. The predicted molar refractivity (Wildman–Crippen MR) is 86.7 cm³/mol. The van der Waals surface area contributed by atoms with Crippen LogP contribution in [0.4, 0.5) is 5.69 Å². The van der Waals surface area contributed by atoms with Crippen molar-refractivity contribution in [2.45, 2.75) is 6.42 Å². The van der Waals surface area contributed by atoms with Crippen molar-refractivity contribution in [1.82, 2.24) is 0 Å². The van der Waals surface area contributed by atoms with Gasteiger partial charge >= 0.3 is 0 Å². The summed E-state index contributed by atoms with van der Waals surface area (Å²) < 4.78 is 5.20. The van der Waals surface area contributed by atoms with E-state index in [1.165, 1.54) is 0 Å². The smallest absolute Gasteiger partial charge is 0.166 e. The second-order valence-corrected chi connectivity index (χ2v) is 5.18. The maximum Gasteiger partial charge on any atom is 0.166 e. The fraction of sp³-hybridized carbons (Fsp3) is 0.235. The first-order valence-corrected chi connectivity index (χ1v) is 7.12. The number of halogens is 1. The Kier molecular flexibility index (Phi) is 5.23. The van der Waals surface area contributed by atoms with Gasteiger partial charge in [0.05, 0.1) is 12.1 Å². The third-order valence-corrected chi connectivity index (χ3v) is 3.67. The van der Waals surface area contributed by atoms with Gasteiger partial charge < -0.3 is 9.64 Å². The highest BCUT2D eigenvalue weighted by molar-refractivity contribution is 6.33. The molecule has 110 valence electrons. The monoisotopic (exact) mass is 303 g/mol. The van der Waals surface area contributed by atoms with Gasteiger partial charge in [0, 0.05) is 37.3 Å². The van der Waals surface area contributed by atoms with Crippen LogP contribution in [-0.2, 0) is 0 Å². The standard InChI is InChI=1S/C17H18ClNO2/c1-19(13-6-5-7-14(12-13)21-2)11-10-17(20)15-8-3-4-9-16(15)18/h3-9,12H,10-11H2,1-2H3. The molecule has 0 aliphatic heterocycles. The van der Waals surface area contributed by atoms with Gasteiger partial charge in [0.25, 0.3) is 0 Å². The molecule has 0 atom stereocenters. The first-order valence-electron chi connectivity index (χ1n) is 6.74. The summed E-state index contributed by atoms with van der Waals surface area (Å²) in [7, 11) is 3.59. The Balaban J connectivity index is 1.99. The molecule has 0 fully saturated rings. The average molecular weight is 304 g/mol. The summed E-state index contributed by atoms with van der Waals surface area (Å²) in [4.78, 5) is 14.2. The minimum Gasteiger partial charge on any atom is -0.497 e. The van der Waals surface area contributed by atoms with Crippen molar-refractivity contribution in [3.8, 4) is 5.75 Å². The molecule has 0 heterocycles.